The number of morpholine rings is 1. The summed E-state index contributed by atoms with van der Waals surface area (Å²) < 4.78 is 19.7. The van der Waals surface area contributed by atoms with Crippen LogP contribution < -0.4 is 5.73 Å². The van der Waals surface area contributed by atoms with E-state index in [-0.39, 0.29) is 23.2 Å². The topological polar surface area (TPSA) is 38.5 Å². The van der Waals surface area contributed by atoms with Crippen molar-refractivity contribution in [2.75, 3.05) is 18.8 Å². The standard InChI is InChI=1S/C14H21FN2O/c1-10-7-17(9-14(2,3)18-10)8-11-5-4-6-12(16)13(11)15/h4-6,10H,7-9,16H2,1-3H3. The molecular weight excluding hydrogens is 231 g/mol. The first-order valence-electron chi connectivity index (χ1n) is 6.30. The summed E-state index contributed by atoms with van der Waals surface area (Å²) in [4.78, 5) is 2.21. The highest BCUT2D eigenvalue weighted by molar-refractivity contribution is 5.42. The Labute approximate surface area is 108 Å². The van der Waals surface area contributed by atoms with E-state index in [1.54, 1.807) is 18.2 Å². The average molecular weight is 252 g/mol. The second-order valence-electron chi connectivity index (χ2n) is 5.68. The Bertz CT molecular complexity index is 434. The molecule has 0 aliphatic carbocycles. The zero-order valence-electron chi connectivity index (χ0n) is 11.2. The fourth-order valence-electron chi connectivity index (χ4n) is 2.67. The van der Waals surface area contributed by atoms with Gasteiger partial charge in [-0.15, -0.1) is 0 Å². The summed E-state index contributed by atoms with van der Waals surface area (Å²) >= 11 is 0. The van der Waals surface area contributed by atoms with Gasteiger partial charge in [0, 0.05) is 25.2 Å². The Hall–Kier alpha value is -1.13. The molecular formula is C14H21FN2O. The van der Waals surface area contributed by atoms with Gasteiger partial charge in [-0.3, -0.25) is 4.90 Å². The summed E-state index contributed by atoms with van der Waals surface area (Å²) in [6.45, 7) is 8.36. The Kier molecular flexibility index (Phi) is 3.59. The number of hydrogen-bond acceptors (Lipinski definition) is 3. The van der Waals surface area contributed by atoms with Crippen molar-refractivity contribution in [1.82, 2.24) is 4.90 Å². The highest BCUT2D eigenvalue weighted by Gasteiger charge is 2.31. The maximum Gasteiger partial charge on any atom is 0.150 e. The first-order valence-corrected chi connectivity index (χ1v) is 6.30. The van der Waals surface area contributed by atoms with Gasteiger partial charge in [0.25, 0.3) is 0 Å². The molecule has 1 aromatic rings. The molecule has 3 nitrogen and oxygen atoms in total. The molecule has 0 saturated carbocycles. The quantitative estimate of drug-likeness (QED) is 0.821. The van der Waals surface area contributed by atoms with E-state index in [9.17, 15) is 4.39 Å². The van der Waals surface area contributed by atoms with Gasteiger partial charge in [-0.25, -0.2) is 4.39 Å². The molecule has 100 valence electrons. The molecule has 1 saturated heterocycles. The third-order valence-electron chi connectivity index (χ3n) is 3.14. The maximum atomic E-state index is 13.9. The molecule has 1 aliphatic heterocycles. The zero-order chi connectivity index (χ0) is 13.3. The van der Waals surface area contributed by atoms with Crippen LogP contribution in [-0.2, 0) is 11.3 Å². The molecule has 1 aliphatic rings. The molecule has 1 fully saturated rings. The fraction of sp³-hybridized carbons (Fsp3) is 0.571. The van der Waals surface area contributed by atoms with Gasteiger partial charge in [0.1, 0.15) is 0 Å². The number of rotatable bonds is 2. The molecule has 4 heteroatoms. The van der Waals surface area contributed by atoms with Gasteiger partial charge in [-0.05, 0) is 26.8 Å². The van der Waals surface area contributed by atoms with Crippen molar-refractivity contribution in [3.63, 3.8) is 0 Å². The molecule has 18 heavy (non-hydrogen) atoms. The minimum atomic E-state index is -0.297. The summed E-state index contributed by atoms with van der Waals surface area (Å²) in [5.41, 5.74) is 6.27. The van der Waals surface area contributed by atoms with E-state index in [2.05, 4.69) is 18.7 Å². The molecule has 0 amide bonds. The van der Waals surface area contributed by atoms with E-state index >= 15 is 0 Å². The third-order valence-corrected chi connectivity index (χ3v) is 3.14. The SMILES string of the molecule is CC1CN(Cc2cccc(N)c2F)CC(C)(C)O1. The average Bonchev–Trinajstić information content (AvgIpc) is 2.22. The normalized spacial score (nSPS) is 24.1. The van der Waals surface area contributed by atoms with Crippen molar-refractivity contribution < 1.29 is 9.13 Å². The van der Waals surface area contributed by atoms with Crippen LogP contribution in [0, 0.1) is 5.82 Å². The lowest BCUT2D eigenvalue weighted by molar-refractivity contribution is -0.130. The van der Waals surface area contributed by atoms with Gasteiger partial charge in [0.05, 0.1) is 17.4 Å². The van der Waals surface area contributed by atoms with Crippen molar-refractivity contribution >= 4 is 5.69 Å². The van der Waals surface area contributed by atoms with Gasteiger partial charge in [-0.2, -0.15) is 0 Å². The molecule has 1 heterocycles. The van der Waals surface area contributed by atoms with Gasteiger partial charge in [0.15, 0.2) is 5.82 Å². The minimum Gasteiger partial charge on any atom is -0.396 e. The van der Waals surface area contributed by atoms with E-state index in [0.29, 0.717) is 12.1 Å². The summed E-state index contributed by atoms with van der Waals surface area (Å²) in [5, 5.41) is 0. The highest BCUT2D eigenvalue weighted by Crippen LogP contribution is 2.24. The van der Waals surface area contributed by atoms with Gasteiger partial charge in [-0.1, -0.05) is 12.1 Å². The van der Waals surface area contributed by atoms with E-state index in [1.165, 1.54) is 0 Å². The second-order valence-corrected chi connectivity index (χ2v) is 5.68. The molecule has 0 aromatic heterocycles. The lowest BCUT2D eigenvalue weighted by Gasteiger charge is -2.41. The lowest BCUT2D eigenvalue weighted by Crippen LogP contribution is -2.51. The predicted molar refractivity (Wildman–Crippen MR) is 70.7 cm³/mol. The van der Waals surface area contributed by atoms with Crippen molar-refractivity contribution in [2.45, 2.75) is 39.0 Å². The van der Waals surface area contributed by atoms with E-state index in [0.717, 1.165) is 13.1 Å². The first kappa shape index (κ1) is 13.3. The first-order chi connectivity index (χ1) is 8.37. The number of anilines is 1. The van der Waals surface area contributed by atoms with Crippen LogP contribution >= 0.6 is 0 Å². The number of hydrogen-bond donors (Lipinski definition) is 1. The van der Waals surface area contributed by atoms with Crippen LogP contribution in [-0.4, -0.2) is 29.7 Å². The smallest absolute Gasteiger partial charge is 0.150 e. The van der Waals surface area contributed by atoms with Crippen molar-refractivity contribution in [1.29, 1.82) is 0 Å². The Balaban J connectivity index is 2.11. The van der Waals surface area contributed by atoms with Crippen molar-refractivity contribution in [3.8, 4) is 0 Å². The molecule has 1 atom stereocenters. The maximum absolute atomic E-state index is 13.9. The molecule has 1 aromatic carbocycles. The summed E-state index contributed by atoms with van der Waals surface area (Å²) in [6, 6.07) is 5.17. The summed E-state index contributed by atoms with van der Waals surface area (Å²) in [7, 11) is 0. The van der Waals surface area contributed by atoms with Crippen molar-refractivity contribution in [2.24, 2.45) is 0 Å². The minimum absolute atomic E-state index is 0.165. The van der Waals surface area contributed by atoms with Crippen LogP contribution in [0.2, 0.25) is 0 Å². The number of halogens is 1. The monoisotopic (exact) mass is 252 g/mol. The largest absolute Gasteiger partial charge is 0.396 e. The van der Waals surface area contributed by atoms with Crippen molar-refractivity contribution in [3.05, 3.63) is 29.6 Å². The Morgan fingerprint density at radius 1 is 1.50 bits per heavy atom. The molecule has 2 N–H and O–H groups in total. The zero-order valence-corrected chi connectivity index (χ0v) is 11.2. The van der Waals surface area contributed by atoms with Crippen LogP contribution in [0.15, 0.2) is 18.2 Å². The number of nitrogen functional groups attached to an aromatic ring is 1. The fourth-order valence-corrected chi connectivity index (χ4v) is 2.67. The van der Waals surface area contributed by atoms with Crippen LogP contribution in [0.3, 0.4) is 0 Å². The number of nitrogens with zero attached hydrogens (tertiary/aromatic N) is 1. The second kappa shape index (κ2) is 4.86. The summed E-state index contributed by atoms with van der Waals surface area (Å²) in [5.74, 6) is -0.297. The lowest BCUT2D eigenvalue weighted by atomic mass is 10.0. The number of ether oxygens (including phenoxy) is 1. The number of benzene rings is 1. The van der Waals surface area contributed by atoms with E-state index < -0.39 is 0 Å². The predicted octanol–water partition coefficient (Wildman–Crippen LogP) is 2.41. The molecule has 0 bridgehead atoms. The van der Waals surface area contributed by atoms with Crippen LogP contribution in [0.4, 0.5) is 10.1 Å². The third kappa shape index (κ3) is 3.00. The van der Waals surface area contributed by atoms with Gasteiger partial charge < -0.3 is 10.5 Å². The van der Waals surface area contributed by atoms with E-state index in [4.69, 9.17) is 10.5 Å². The highest BCUT2D eigenvalue weighted by atomic mass is 19.1. The molecule has 0 spiro atoms. The van der Waals surface area contributed by atoms with Crippen LogP contribution in [0.5, 0.6) is 0 Å². The van der Waals surface area contributed by atoms with Gasteiger partial charge >= 0.3 is 0 Å². The molecule has 1 unspecified atom stereocenters. The number of nitrogens with two attached hydrogens (primary N) is 1. The van der Waals surface area contributed by atoms with Crippen LogP contribution in [0.1, 0.15) is 26.3 Å². The Morgan fingerprint density at radius 2 is 2.22 bits per heavy atom. The van der Waals surface area contributed by atoms with E-state index in [1.807, 2.05) is 6.92 Å². The molecule has 0 radical (unpaired) electrons. The summed E-state index contributed by atoms with van der Waals surface area (Å²) in [6.07, 6.45) is 0.165. The van der Waals surface area contributed by atoms with Gasteiger partial charge in [0.2, 0.25) is 0 Å². The van der Waals surface area contributed by atoms with Crippen LogP contribution in [0.25, 0.3) is 0 Å². The molecule has 2 rings (SSSR count). The Morgan fingerprint density at radius 3 is 2.89 bits per heavy atom.